The van der Waals surface area contributed by atoms with Crippen LogP contribution in [0.2, 0.25) is 0 Å². The number of non-ortho nitro benzene ring substituents is 1. The quantitative estimate of drug-likeness (QED) is 0.430. The van der Waals surface area contributed by atoms with Gasteiger partial charge in [0.05, 0.1) is 17.6 Å². The molecule has 2 N–H and O–H groups in total. The van der Waals surface area contributed by atoms with Gasteiger partial charge in [0.15, 0.2) is 0 Å². The number of carboxylic acid groups (broad SMARTS) is 1. The van der Waals surface area contributed by atoms with Crippen LogP contribution in [0.25, 0.3) is 0 Å². The lowest BCUT2D eigenvalue weighted by Crippen LogP contribution is -2.42. The number of benzene rings is 2. The van der Waals surface area contributed by atoms with Crippen LogP contribution in [0.3, 0.4) is 0 Å². The standard InChI is InChI=1S/C18H16N2O7/c1-27-18(24)13-4-2-3-12(10-13)16(21)19-15(17(22)23)9-11-5-7-14(8-6-11)20(25)26/h2-8,10,15H,9H2,1H3,(H,19,21)(H,22,23)/t15-/m1/s1. The highest BCUT2D eigenvalue weighted by Crippen LogP contribution is 2.14. The van der Waals surface area contributed by atoms with E-state index < -0.39 is 28.8 Å². The Morgan fingerprint density at radius 1 is 1.15 bits per heavy atom. The smallest absolute Gasteiger partial charge is 0.337 e. The van der Waals surface area contributed by atoms with E-state index in [4.69, 9.17) is 0 Å². The molecule has 27 heavy (non-hydrogen) atoms. The van der Waals surface area contributed by atoms with E-state index in [0.717, 1.165) is 0 Å². The monoisotopic (exact) mass is 372 g/mol. The van der Waals surface area contributed by atoms with Gasteiger partial charge in [0.25, 0.3) is 11.6 Å². The predicted molar refractivity (Wildman–Crippen MR) is 93.5 cm³/mol. The predicted octanol–water partition coefficient (Wildman–Crippen LogP) is 1.81. The first-order valence-corrected chi connectivity index (χ1v) is 7.77. The Morgan fingerprint density at radius 3 is 2.33 bits per heavy atom. The molecule has 9 heteroatoms. The number of esters is 1. The Labute approximate surface area is 153 Å². The minimum Gasteiger partial charge on any atom is -0.480 e. The van der Waals surface area contributed by atoms with Crippen LogP contribution in [-0.4, -0.2) is 41.0 Å². The number of ether oxygens (including phenoxy) is 1. The summed E-state index contributed by atoms with van der Waals surface area (Å²) in [6.07, 6.45) is -0.0598. The van der Waals surface area contributed by atoms with Crippen molar-refractivity contribution in [1.29, 1.82) is 0 Å². The maximum atomic E-state index is 12.3. The summed E-state index contributed by atoms with van der Waals surface area (Å²) >= 11 is 0. The molecular weight excluding hydrogens is 356 g/mol. The van der Waals surface area contributed by atoms with Crippen LogP contribution in [0.1, 0.15) is 26.3 Å². The lowest BCUT2D eigenvalue weighted by molar-refractivity contribution is -0.384. The number of amides is 1. The molecule has 0 radical (unpaired) electrons. The number of nitro benzene ring substituents is 1. The Morgan fingerprint density at radius 2 is 1.78 bits per heavy atom. The molecule has 0 aliphatic rings. The fourth-order valence-corrected chi connectivity index (χ4v) is 2.34. The van der Waals surface area contributed by atoms with E-state index >= 15 is 0 Å². The van der Waals surface area contributed by atoms with Crippen LogP contribution in [0.15, 0.2) is 48.5 Å². The lowest BCUT2D eigenvalue weighted by Gasteiger charge is -2.15. The number of methoxy groups -OCH3 is 1. The molecule has 0 heterocycles. The third kappa shape index (κ3) is 5.11. The summed E-state index contributed by atoms with van der Waals surface area (Å²) in [5.74, 6) is -2.55. The van der Waals surface area contributed by atoms with Gasteiger partial charge >= 0.3 is 11.9 Å². The molecule has 2 aromatic carbocycles. The molecule has 0 spiro atoms. The van der Waals surface area contributed by atoms with E-state index in [1.54, 1.807) is 0 Å². The Kier molecular flexibility index (Phi) is 6.21. The first-order valence-electron chi connectivity index (χ1n) is 7.77. The summed E-state index contributed by atoms with van der Waals surface area (Å²) in [7, 11) is 1.21. The SMILES string of the molecule is COC(=O)c1cccc(C(=O)N[C@H](Cc2ccc([N+](=O)[O-])cc2)C(=O)O)c1. The first kappa shape index (κ1) is 19.6. The fourth-order valence-electron chi connectivity index (χ4n) is 2.34. The second kappa shape index (κ2) is 8.56. The second-order valence-electron chi connectivity index (χ2n) is 5.56. The van der Waals surface area contributed by atoms with Gasteiger partial charge in [0, 0.05) is 24.1 Å². The van der Waals surface area contributed by atoms with Crippen LogP contribution < -0.4 is 5.32 Å². The minimum atomic E-state index is -1.26. The number of rotatable bonds is 7. The molecule has 0 aliphatic carbocycles. The molecule has 1 atom stereocenters. The normalized spacial score (nSPS) is 11.3. The van der Waals surface area contributed by atoms with Gasteiger partial charge in [0.2, 0.25) is 0 Å². The third-order valence-corrected chi connectivity index (χ3v) is 3.74. The van der Waals surface area contributed by atoms with Crippen molar-refractivity contribution in [2.75, 3.05) is 7.11 Å². The highest BCUT2D eigenvalue weighted by molar-refractivity contribution is 5.99. The van der Waals surface area contributed by atoms with Gasteiger partial charge in [-0.05, 0) is 23.8 Å². The average Bonchev–Trinajstić information content (AvgIpc) is 2.67. The van der Waals surface area contributed by atoms with Crippen molar-refractivity contribution >= 4 is 23.5 Å². The molecule has 9 nitrogen and oxygen atoms in total. The van der Waals surface area contributed by atoms with Crippen LogP contribution >= 0.6 is 0 Å². The number of carbonyl (C=O) groups is 3. The van der Waals surface area contributed by atoms with Crippen LogP contribution in [0.4, 0.5) is 5.69 Å². The summed E-state index contributed by atoms with van der Waals surface area (Å²) in [6.45, 7) is 0. The Hall–Kier alpha value is -3.75. The zero-order valence-electron chi connectivity index (χ0n) is 14.2. The van der Waals surface area contributed by atoms with Crippen molar-refractivity contribution < 1.29 is 29.2 Å². The highest BCUT2D eigenvalue weighted by Gasteiger charge is 2.22. The Bertz CT molecular complexity index is 878. The maximum absolute atomic E-state index is 12.3. The number of aliphatic carboxylic acids is 1. The lowest BCUT2D eigenvalue weighted by atomic mass is 10.0. The molecule has 1 amide bonds. The topological polar surface area (TPSA) is 136 Å². The van der Waals surface area contributed by atoms with Gasteiger partial charge in [-0.3, -0.25) is 14.9 Å². The summed E-state index contributed by atoms with van der Waals surface area (Å²) in [5, 5.41) is 22.4. The molecule has 2 rings (SSSR count). The first-order chi connectivity index (χ1) is 12.8. The van der Waals surface area contributed by atoms with E-state index in [2.05, 4.69) is 10.1 Å². The van der Waals surface area contributed by atoms with E-state index in [-0.39, 0.29) is 23.2 Å². The van der Waals surface area contributed by atoms with Gasteiger partial charge < -0.3 is 15.2 Å². The van der Waals surface area contributed by atoms with Crippen molar-refractivity contribution in [2.45, 2.75) is 12.5 Å². The van der Waals surface area contributed by atoms with E-state index in [1.165, 1.54) is 55.6 Å². The number of carboxylic acids is 1. The van der Waals surface area contributed by atoms with Crippen LogP contribution in [0.5, 0.6) is 0 Å². The Balaban J connectivity index is 2.13. The molecule has 0 saturated carbocycles. The number of carbonyl (C=O) groups excluding carboxylic acids is 2. The molecule has 2 aromatic rings. The largest absolute Gasteiger partial charge is 0.480 e. The molecule has 0 bridgehead atoms. The van der Waals surface area contributed by atoms with Gasteiger partial charge in [-0.1, -0.05) is 18.2 Å². The highest BCUT2D eigenvalue weighted by atomic mass is 16.6. The van der Waals surface area contributed by atoms with Gasteiger partial charge in [-0.15, -0.1) is 0 Å². The number of nitro groups is 1. The number of nitrogens with zero attached hydrogens (tertiary/aromatic N) is 1. The van der Waals surface area contributed by atoms with Crippen LogP contribution in [0, 0.1) is 10.1 Å². The van der Waals surface area contributed by atoms with E-state index in [0.29, 0.717) is 5.56 Å². The maximum Gasteiger partial charge on any atom is 0.337 e. The minimum absolute atomic E-state index is 0.0598. The zero-order chi connectivity index (χ0) is 20.0. The zero-order valence-corrected chi connectivity index (χ0v) is 14.2. The molecule has 0 saturated heterocycles. The van der Waals surface area contributed by atoms with Gasteiger partial charge in [-0.25, -0.2) is 9.59 Å². The summed E-state index contributed by atoms with van der Waals surface area (Å²) < 4.78 is 4.58. The number of hydrogen-bond acceptors (Lipinski definition) is 6. The molecule has 140 valence electrons. The fraction of sp³-hybridized carbons (Fsp3) is 0.167. The third-order valence-electron chi connectivity index (χ3n) is 3.74. The summed E-state index contributed by atoms with van der Waals surface area (Å²) in [5.41, 5.74) is 0.658. The van der Waals surface area contributed by atoms with Crippen molar-refractivity contribution in [3.8, 4) is 0 Å². The number of nitrogens with one attached hydrogen (secondary N) is 1. The van der Waals surface area contributed by atoms with E-state index in [9.17, 15) is 29.6 Å². The van der Waals surface area contributed by atoms with Crippen molar-refractivity contribution in [2.24, 2.45) is 0 Å². The molecular formula is C18H16N2O7. The average molecular weight is 372 g/mol. The van der Waals surface area contributed by atoms with Gasteiger partial charge in [-0.2, -0.15) is 0 Å². The molecule has 0 fully saturated rings. The number of hydrogen-bond donors (Lipinski definition) is 2. The molecule has 0 aromatic heterocycles. The van der Waals surface area contributed by atoms with E-state index in [1.807, 2.05) is 0 Å². The van der Waals surface area contributed by atoms with Crippen molar-refractivity contribution in [3.63, 3.8) is 0 Å². The van der Waals surface area contributed by atoms with Gasteiger partial charge in [0.1, 0.15) is 6.04 Å². The van der Waals surface area contributed by atoms with Crippen molar-refractivity contribution in [1.82, 2.24) is 5.32 Å². The summed E-state index contributed by atoms with van der Waals surface area (Å²) in [4.78, 5) is 45.5. The second-order valence-corrected chi connectivity index (χ2v) is 5.56. The molecule has 0 aliphatic heterocycles. The van der Waals surface area contributed by atoms with Crippen LogP contribution in [-0.2, 0) is 16.0 Å². The van der Waals surface area contributed by atoms with Crippen molar-refractivity contribution in [3.05, 3.63) is 75.3 Å². The molecule has 0 unspecified atom stereocenters. The summed E-state index contributed by atoms with van der Waals surface area (Å²) in [6, 6.07) is 9.81.